The Hall–Kier alpha value is -7.46. The van der Waals surface area contributed by atoms with Crippen LogP contribution in [0.5, 0.6) is 34.5 Å². The van der Waals surface area contributed by atoms with Crippen LogP contribution in [0.25, 0.3) is 12.2 Å². The molecule has 6 N–H and O–H groups in total. The van der Waals surface area contributed by atoms with E-state index < -0.39 is 103 Å². The number of aromatic hydroxyl groups is 2. The zero-order valence-corrected chi connectivity index (χ0v) is 57.9. The summed E-state index contributed by atoms with van der Waals surface area (Å²) < 4.78 is 51.0. The van der Waals surface area contributed by atoms with Crippen LogP contribution < -0.4 is 18.9 Å². The van der Waals surface area contributed by atoms with Gasteiger partial charge in [-0.15, -0.1) is 0 Å². The minimum Gasteiger partial charge on any atom is -0.506 e. The molecular weight excluding hydrogens is 1230 g/mol. The molecule has 0 radical (unpaired) electrons. The highest BCUT2D eigenvalue weighted by atomic mass is 16.6. The molecule has 8 bridgehead atoms. The van der Waals surface area contributed by atoms with Gasteiger partial charge in [0.15, 0.2) is 45.5 Å². The minimum atomic E-state index is -1.66. The van der Waals surface area contributed by atoms with Crippen molar-refractivity contribution in [3.8, 4) is 34.5 Å². The highest BCUT2D eigenvalue weighted by Gasteiger charge is 2.83. The largest absolute Gasteiger partial charge is 0.506 e. The van der Waals surface area contributed by atoms with E-state index in [-0.39, 0.29) is 117 Å². The molecule has 0 aromatic heterocycles. The van der Waals surface area contributed by atoms with Crippen LogP contribution in [0, 0.1) is 23.7 Å². The molecule has 2 saturated carbocycles. The van der Waals surface area contributed by atoms with E-state index in [1.807, 2.05) is 81.4 Å². The van der Waals surface area contributed by atoms with Crippen molar-refractivity contribution in [3.05, 3.63) is 116 Å². The normalized spacial score (nSPS) is 31.5. The predicted octanol–water partition coefficient (Wildman–Crippen LogP) is 10.9. The summed E-state index contributed by atoms with van der Waals surface area (Å²) in [5, 5.41) is 67.9. The quantitative estimate of drug-likeness (QED) is 0.0408. The third-order valence-corrected chi connectivity index (χ3v) is 21.7. The third-order valence-electron chi connectivity index (χ3n) is 21.7. The van der Waals surface area contributed by atoms with Crippen molar-refractivity contribution in [1.82, 2.24) is 0 Å². The maximum absolute atomic E-state index is 14.8. The van der Waals surface area contributed by atoms with Crippen molar-refractivity contribution >= 4 is 48.2 Å². The molecule has 20 heteroatoms. The zero-order valence-electron chi connectivity index (χ0n) is 57.9. The van der Waals surface area contributed by atoms with E-state index in [1.54, 1.807) is 50.3 Å². The smallest absolute Gasteiger partial charge is 0.298 e. The van der Waals surface area contributed by atoms with Gasteiger partial charge >= 0.3 is 0 Å². The number of carbonyl (C=O) groups is 6. The summed E-state index contributed by atoms with van der Waals surface area (Å²) in [6, 6.07) is 0. The molecule has 4 fully saturated rings. The Morgan fingerprint density at radius 2 is 0.917 bits per heavy atom. The number of ether oxygens (including phenoxy) is 8. The van der Waals surface area contributed by atoms with E-state index in [0.717, 1.165) is 12.8 Å². The van der Waals surface area contributed by atoms with Gasteiger partial charge in [0, 0.05) is 71.6 Å². The van der Waals surface area contributed by atoms with Crippen molar-refractivity contribution < 1.29 is 97.3 Å². The summed E-state index contributed by atoms with van der Waals surface area (Å²) in [6.07, 6.45) is 18.2. The molecule has 0 amide bonds. The van der Waals surface area contributed by atoms with Crippen LogP contribution >= 0.6 is 0 Å². The lowest BCUT2D eigenvalue weighted by atomic mass is 9.51. The molecule has 6 heterocycles. The summed E-state index contributed by atoms with van der Waals surface area (Å²) in [6.45, 7) is 29.1. The lowest BCUT2D eigenvalue weighted by Crippen LogP contribution is -2.72. The second-order valence-corrected chi connectivity index (χ2v) is 31.0. The minimum absolute atomic E-state index is 0.00711. The first-order valence-electron chi connectivity index (χ1n) is 33.3. The molecule has 2 aromatic rings. The average Bonchev–Trinajstić information content (AvgIpc) is 1.43. The number of rotatable bonds is 20. The Bertz CT molecular complexity index is 3690. The Labute approximate surface area is 560 Å². The van der Waals surface area contributed by atoms with Gasteiger partial charge in [0.05, 0.1) is 45.7 Å². The number of hydrogen-bond donors (Lipinski definition) is 6. The van der Waals surface area contributed by atoms with Crippen LogP contribution in [0.2, 0.25) is 0 Å². The first kappa shape index (κ1) is 69.9. The molecule has 14 rings (SSSR count). The molecular formula is C76H92O20. The van der Waals surface area contributed by atoms with Crippen molar-refractivity contribution in [2.75, 3.05) is 0 Å². The van der Waals surface area contributed by atoms with Gasteiger partial charge < -0.3 is 68.5 Å². The van der Waals surface area contributed by atoms with Gasteiger partial charge in [-0.3, -0.25) is 28.8 Å². The Morgan fingerprint density at radius 1 is 0.562 bits per heavy atom. The number of fused-ring (bicyclic) bond motifs is 4. The number of phenolic OH excluding ortho intramolecular Hbond substituents is 2. The van der Waals surface area contributed by atoms with Crippen LogP contribution in [-0.2, 0) is 51.0 Å². The second kappa shape index (κ2) is 23.6. The molecule has 2 spiro atoms. The Kier molecular flexibility index (Phi) is 17.2. The molecule has 12 atom stereocenters. The standard InChI is InChI=1S/2C38H46O10/c2*1-20(2)10-9-13-36(8)14-12-23-29(41)28-30(42)25-16-22-17-26-35(6,7)48-37(33(22)43,15-11-21(3)45-19-39)38(25,26)47-32(28)24(31(23)46-36)18-27(40)34(4,5)44/h2*10-12,14,16,19,22,26-27,40-41,44H,9,13,15,17-18H2,1-8H3/b2*21-11-/t22?,26?,27?,36-,37+,38+;22?,26?,27?,36-,37-,38-/m01/s1. The van der Waals surface area contributed by atoms with Gasteiger partial charge in [0.25, 0.3) is 12.9 Å². The zero-order chi connectivity index (χ0) is 70.4. The van der Waals surface area contributed by atoms with Crippen molar-refractivity contribution in [1.29, 1.82) is 0 Å². The number of Topliss-reactive ketones (excluding diaryl/α,β-unsaturated/α-hetero) is 4. The molecule has 6 unspecified atom stereocenters. The van der Waals surface area contributed by atoms with Gasteiger partial charge in [-0.2, -0.15) is 0 Å². The SMILES string of the molecule is CC(C)=CCC[C@@]1(C)C=Cc2c(O)c3c(c(CC(O)C(C)(C)O)c2O1)O[C@]12C(=CC4CC1C(C)(C)O[C@]2(C/C=C(/C)OC=O)C4=O)C3=O.CC(C)=CCC[C@]1(C)C=Cc2c(O)c3c(c(CC(O)C(C)(C)O)c2O1)O[C@]12C(=CC4CC1C(C)(C)O[C@]2(C/C=C(/C)OC=O)C4=O)C3=O. The number of hydrogen-bond acceptors (Lipinski definition) is 20. The van der Waals surface area contributed by atoms with Crippen LogP contribution in [0.15, 0.2) is 82.4 Å². The van der Waals surface area contributed by atoms with Crippen molar-refractivity contribution in [2.24, 2.45) is 23.7 Å². The summed E-state index contributed by atoms with van der Waals surface area (Å²) in [4.78, 5) is 80.5. The van der Waals surface area contributed by atoms with Crippen molar-refractivity contribution in [2.45, 2.75) is 243 Å². The number of allylic oxidation sites excluding steroid dienone is 8. The maximum atomic E-state index is 14.8. The van der Waals surface area contributed by atoms with E-state index in [2.05, 4.69) is 12.2 Å². The molecule has 2 saturated heterocycles. The molecule has 6 aliphatic carbocycles. The maximum Gasteiger partial charge on any atom is 0.298 e. The summed E-state index contributed by atoms with van der Waals surface area (Å²) >= 11 is 0. The number of aliphatic hydroxyl groups is 4. The highest BCUT2D eigenvalue weighted by molar-refractivity contribution is 6.20. The third kappa shape index (κ3) is 10.8. The van der Waals surface area contributed by atoms with Gasteiger partial charge in [-0.05, 0) is 186 Å². The highest BCUT2D eigenvalue weighted by Crippen LogP contribution is 2.71. The van der Waals surface area contributed by atoms with Crippen LogP contribution in [0.3, 0.4) is 0 Å². The van der Waals surface area contributed by atoms with Gasteiger partial charge in [-0.25, -0.2) is 0 Å². The monoisotopic (exact) mass is 1320 g/mol. The number of ketones is 4. The van der Waals surface area contributed by atoms with E-state index >= 15 is 0 Å². The second-order valence-electron chi connectivity index (χ2n) is 31.0. The molecule has 516 valence electrons. The van der Waals surface area contributed by atoms with Gasteiger partial charge in [-0.1, -0.05) is 35.5 Å². The summed E-state index contributed by atoms with van der Waals surface area (Å²) in [7, 11) is 0. The van der Waals surface area contributed by atoms with E-state index in [0.29, 0.717) is 49.8 Å². The summed E-state index contributed by atoms with van der Waals surface area (Å²) in [5.74, 6) is -3.31. The Balaban J connectivity index is 0.000000195. The van der Waals surface area contributed by atoms with Gasteiger partial charge in [0.1, 0.15) is 68.3 Å². The van der Waals surface area contributed by atoms with Crippen LogP contribution in [-0.4, -0.2) is 135 Å². The molecule has 96 heavy (non-hydrogen) atoms. The molecule has 12 aliphatic rings. The number of carbonyl (C=O) groups excluding carboxylic acids is 6. The van der Waals surface area contributed by atoms with Crippen LogP contribution in [0.4, 0.5) is 0 Å². The van der Waals surface area contributed by atoms with Crippen molar-refractivity contribution in [3.63, 3.8) is 0 Å². The van der Waals surface area contributed by atoms with Gasteiger partial charge in [0.2, 0.25) is 0 Å². The fourth-order valence-electron chi connectivity index (χ4n) is 16.7. The van der Waals surface area contributed by atoms with E-state index in [9.17, 15) is 59.4 Å². The fraction of sp³-hybridized carbons (Fsp3) is 0.553. The Morgan fingerprint density at radius 3 is 1.24 bits per heavy atom. The number of phenols is 2. The van der Waals surface area contributed by atoms with Crippen LogP contribution in [0.1, 0.15) is 205 Å². The first-order chi connectivity index (χ1) is 44.6. The lowest BCUT2D eigenvalue weighted by molar-refractivity contribution is -0.172. The number of benzene rings is 2. The predicted molar refractivity (Wildman–Crippen MR) is 353 cm³/mol. The van der Waals surface area contributed by atoms with E-state index in [1.165, 1.54) is 38.8 Å². The summed E-state index contributed by atoms with van der Waals surface area (Å²) in [5.41, 5.74) is -9.26. The molecule has 20 nitrogen and oxygen atoms in total. The molecule has 6 aliphatic heterocycles. The first-order valence-corrected chi connectivity index (χ1v) is 33.3. The van der Waals surface area contributed by atoms with E-state index in [4.69, 9.17) is 37.9 Å². The number of aliphatic hydroxyl groups excluding tert-OH is 2. The topological polar surface area (TPSA) is 298 Å². The lowest BCUT2D eigenvalue weighted by Gasteiger charge is -2.56. The average molecular weight is 1330 g/mol. The fourth-order valence-corrected chi connectivity index (χ4v) is 16.7. The molecule has 2 aromatic carbocycles.